The average molecular weight is 264 g/mol. The van der Waals surface area contributed by atoms with Crippen LogP contribution in [0.5, 0.6) is 11.5 Å². The van der Waals surface area contributed by atoms with E-state index in [1.54, 1.807) is 18.2 Å². The van der Waals surface area contributed by atoms with Gasteiger partial charge in [0.05, 0.1) is 13.2 Å². The first kappa shape index (κ1) is 13.7. The van der Waals surface area contributed by atoms with E-state index in [2.05, 4.69) is 10.6 Å². The van der Waals surface area contributed by atoms with Crippen LogP contribution < -0.4 is 20.1 Å². The fraction of sp³-hybridized carbons (Fsp3) is 0.500. The minimum absolute atomic E-state index is 0.0893. The molecule has 1 aliphatic rings. The van der Waals surface area contributed by atoms with Gasteiger partial charge in [-0.3, -0.25) is 4.79 Å². The zero-order valence-corrected chi connectivity index (χ0v) is 11.2. The van der Waals surface area contributed by atoms with Crippen molar-refractivity contribution in [3.63, 3.8) is 0 Å². The van der Waals surface area contributed by atoms with Crippen molar-refractivity contribution in [1.82, 2.24) is 10.6 Å². The fourth-order valence-corrected chi connectivity index (χ4v) is 1.85. The molecular weight excluding hydrogens is 244 g/mol. The normalized spacial score (nSPS) is 13.7. The smallest absolute Gasteiger partial charge is 0.251 e. The lowest BCUT2D eigenvalue weighted by atomic mass is 10.2. The lowest BCUT2D eigenvalue weighted by Gasteiger charge is -2.10. The number of rotatable bonds is 5. The van der Waals surface area contributed by atoms with Crippen LogP contribution in [0.2, 0.25) is 0 Å². The number of carbonyl (C=O) groups is 1. The van der Waals surface area contributed by atoms with Gasteiger partial charge in [0.2, 0.25) is 0 Å². The Kier molecular flexibility index (Phi) is 5.03. The van der Waals surface area contributed by atoms with Gasteiger partial charge in [-0.1, -0.05) is 6.92 Å². The van der Waals surface area contributed by atoms with Gasteiger partial charge >= 0.3 is 0 Å². The van der Waals surface area contributed by atoms with E-state index in [1.807, 2.05) is 6.92 Å². The van der Waals surface area contributed by atoms with Gasteiger partial charge in [0.25, 0.3) is 5.91 Å². The summed E-state index contributed by atoms with van der Waals surface area (Å²) < 4.78 is 11.1. The summed E-state index contributed by atoms with van der Waals surface area (Å²) in [6.07, 6.45) is 0.860. The highest BCUT2D eigenvalue weighted by Gasteiger charge is 2.13. The van der Waals surface area contributed by atoms with Gasteiger partial charge in [0.1, 0.15) is 0 Å². The Balaban J connectivity index is 1.96. The fourth-order valence-electron chi connectivity index (χ4n) is 1.85. The summed E-state index contributed by atoms with van der Waals surface area (Å²) in [5, 5.41) is 6.01. The van der Waals surface area contributed by atoms with Gasteiger partial charge in [-0.2, -0.15) is 0 Å². The molecule has 5 nitrogen and oxygen atoms in total. The highest BCUT2D eigenvalue weighted by atomic mass is 16.5. The van der Waals surface area contributed by atoms with Crippen LogP contribution in [0.25, 0.3) is 0 Å². The molecule has 0 aromatic heterocycles. The van der Waals surface area contributed by atoms with E-state index in [4.69, 9.17) is 9.47 Å². The van der Waals surface area contributed by atoms with E-state index >= 15 is 0 Å². The number of carbonyl (C=O) groups excluding carboxylic acids is 1. The number of fused-ring (bicyclic) bond motifs is 1. The Hall–Kier alpha value is -1.75. The van der Waals surface area contributed by atoms with Crippen LogP contribution in [0.15, 0.2) is 18.2 Å². The van der Waals surface area contributed by atoms with Crippen LogP contribution in [0, 0.1) is 0 Å². The third-order valence-corrected chi connectivity index (χ3v) is 2.85. The molecule has 5 heteroatoms. The van der Waals surface area contributed by atoms with Crippen molar-refractivity contribution in [2.24, 2.45) is 0 Å². The summed E-state index contributed by atoms with van der Waals surface area (Å²) in [6.45, 7) is 5.60. The number of hydrogen-bond acceptors (Lipinski definition) is 4. The Labute approximate surface area is 113 Å². The van der Waals surface area contributed by atoms with Crippen LogP contribution >= 0.6 is 0 Å². The summed E-state index contributed by atoms with van der Waals surface area (Å²) in [5.74, 6) is 1.27. The Morgan fingerprint density at radius 1 is 1.21 bits per heavy atom. The van der Waals surface area contributed by atoms with Crippen molar-refractivity contribution in [1.29, 1.82) is 0 Å². The third-order valence-electron chi connectivity index (χ3n) is 2.85. The number of benzene rings is 1. The summed E-state index contributed by atoms with van der Waals surface area (Å²) in [5.41, 5.74) is 0.598. The second-order valence-electron chi connectivity index (χ2n) is 4.32. The maximum Gasteiger partial charge on any atom is 0.251 e. The predicted molar refractivity (Wildman–Crippen MR) is 72.9 cm³/mol. The van der Waals surface area contributed by atoms with Crippen molar-refractivity contribution in [3.05, 3.63) is 23.8 Å². The van der Waals surface area contributed by atoms with E-state index < -0.39 is 0 Å². The van der Waals surface area contributed by atoms with Gasteiger partial charge in [0.15, 0.2) is 11.5 Å². The van der Waals surface area contributed by atoms with Crippen molar-refractivity contribution in [2.75, 3.05) is 32.8 Å². The quantitative estimate of drug-likeness (QED) is 0.784. The van der Waals surface area contributed by atoms with Crippen LogP contribution in [-0.4, -0.2) is 38.8 Å². The first-order valence-electron chi connectivity index (χ1n) is 6.70. The van der Waals surface area contributed by atoms with Crippen molar-refractivity contribution < 1.29 is 14.3 Å². The zero-order chi connectivity index (χ0) is 13.5. The standard InChI is InChI=1S/C14H20N2O3/c1-2-15-6-7-16-14(17)11-4-5-12-13(10-11)19-9-3-8-18-12/h4-5,10,15H,2-3,6-9H2,1H3,(H,16,17). The van der Waals surface area contributed by atoms with Gasteiger partial charge < -0.3 is 20.1 Å². The number of ether oxygens (including phenoxy) is 2. The SMILES string of the molecule is CCNCCNC(=O)c1ccc2c(c1)OCCCO2. The Morgan fingerprint density at radius 3 is 2.79 bits per heavy atom. The van der Waals surface area contributed by atoms with Crippen molar-refractivity contribution >= 4 is 5.91 Å². The zero-order valence-electron chi connectivity index (χ0n) is 11.2. The maximum absolute atomic E-state index is 11.9. The molecular formula is C14H20N2O3. The van der Waals surface area contributed by atoms with Crippen molar-refractivity contribution in [2.45, 2.75) is 13.3 Å². The number of likely N-dealkylation sites (N-methyl/N-ethyl adjacent to an activating group) is 1. The Bertz CT molecular complexity index is 435. The van der Waals surface area contributed by atoms with Gasteiger partial charge in [-0.05, 0) is 24.7 Å². The highest BCUT2D eigenvalue weighted by molar-refractivity contribution is 5.94. The van der Waals surface area contributed by atoms with E-state index in [-0.39, 0.29) is 5.91 Å². The van der Waals surface area contributed by atoms with Crippen molar-refractivity contribution in [3.8, 4) is 11.5 Å². The molecule has 1 amide bonds. The van der Waals surface area contributed by atoms with E-state index in [9.17, 15) is 4.79 Å². The monoisotopic (exact) mass is 264 g/mol. The molecule has 1 aromatic carbocycles. The molecule has 0 aliphatic carbocycles. The molecule has 2 N–H and O–H groups in total. The first-order chi connectivity index (χ1) is 9.31. The number of nitrogens with one attached hydrogen (secondary N) is 2. The molecule has 0 saturated carbocycles. The maximum atomic E-state index is 11.9. The summed E-state index contributed by atoms with van der Waals surface area (Å²) >= 11 is 0. The average Bonchev–Trinajstić information content (AvgIpc) is 2.67. The second kappa shape index (κ2) is 6.99. The van der Waals surface area contributed by atoms with E-state index in [0.29, 0.717) is 36.8 Å². The minimum Gasteiger partial charge on any atom is -0.490 e. The largest absolute Gasteiger partial charge is 0.490 e. The van der Waals surface area contributed by atoms with Crippen LogP contribution in [0.1, 0.15) is 23.7 Å². The number of hydrogen-bond donors (Lipinski definition) is 2. The van der Waals surface area contributed by atoms with Crippen LogP contribution in [-0.2, 0) is 0 Å². The topological polar surface area (TPSA) is 59.6 Å². The highest BCUT2D eigenvalue weighted by Crippen LogP contribution is 2.30. The summed E-state index contributed by atoms with van der Waals surface area (Å²) in [4.78, 5) is 11.9. The molecule has 0 fully saturated rings. The van der Waals surface area contributed by atoms with Gasteiger partial charge in [-0.25, -0.2) is 0 Å². The summed E-state index contributed by atoms with van der Waals surface area (Å²) in [6, 6.07) is 5.29. The molecule has 1 aromatic rings. The molecule has 1 aliphatic heterocycles. The molecule has 0 saturated heterocycles. The first-order valence-corrected chi connectivity index (χ1v) is 6.70. The van der Waals surface area contributed by atoms with Crippen LogP contribution in [0.3, 0.4) is 0 Å². The molecule has 0 atom stereocenters. The van der Waals surface area contributed by atoms with Gasteiger partial charge in [-0.15, -0.1) is 0 Å². The second-order valence-corrected chi connectivity index (χ2v) is 4.32. The van der Waals surface area contributed by atoms with E-state index in [1.165, 1.54) is 0 Å². The molecule has 0 radical (unpaired) electrons. The van der Waals surface area contributed by atoms with Crippen LogP contribution in [0.4, 0.5) is 0 Å². The lowest BCUT2D eigenvalue weighted by molar-refractivity contribution is 0.0953. The molecule has 19 heavy (non-hydrogen) atoms. The molecule has 1 heterocycles. The third kappa shape index (κ3) is 3.86. The molecule has 0 spiro atoms. The number of amides is 1. The molecule has 0 bridgehead atoms. The molecule has 2 rings (SSSR count). The molecule has 104 valence electrons. The van der Waals surface area contributed by atoms with Gasteiger partial charge in [0, 0.05) is 25.1 Å². The Morgan fingerprint density at radius 2 is 2.00 bits per heavy atom. The molecule has 0 unspecified atom stereocenters. The summed E-state index contributed by atoms with van der Waals surface area (Å²) in [7, 11) is 0. The lowest BCUT2D eigenvalue weighted by Crippen LogP contribution is -2.31. The predicted octanol–water partition coefficient (Wildman–Crippen LogP) is 1.19. The van der Waals surface area contributed by atoms with E-state index in [0.717, 1.165) is 19.5 Å². The minimum atomic E-state index is -0.0893.